The maximum absolute atomic E-state index is 11.5. The second-order valence-electron chi connectivity index (χ2n) is 4.75. The Morgan fingerprint density at radius 2 is 2.14 bits per heavy atom. The highest BCUT2D eigenvalue weighted by Gasteiger charge is 2.09. The van der Waals surface area contributed by atoms with Crippen molar-refractivity contribution in [2.75, 3.05) is 12.4 Å². The third-order valence-electron chi connectivity index (χ3n) is 3.49. The van der Waals surface area contributed by atoms with E-state index in [1.54, 1.807) is 31.6 Å². The first-order valence-corrected chi connectivity index (χ1v) is 6.62. The van der Waals surface area contributed by atoms with E-state index in [1.807, 2.05) is 12.1 Å². The van der Waals surface area contributed by atoms with Crippen LogP contribution in [0.5, 0.6) is 0 Å². The average molecular weight is 281 g/mol. The molecule has 0 aliphatic heterocycles. The normalized spacial score (nSPS) is 10.8. The van der Waals surface area contributed by atoms with Crippen LogP contribution in [0.3, 0.4) is 0 Å². The summed E-state index contributed by atoms with van der Waals surface area (Å²) in [5, 5.41) is 13.5. The van der Waals surface area contributed by atoms with Crippen LogP contribution in [0.4, 0.5) is 5.69 Å². The predicted molar refractivity (Wildman–Crippen MR) is 83.3 cm³/mol. The molecule has 0 aliphatic carbocycles. The Hall–Kier alpha value is -2.66. The SMILES string of the molecule is CNc1cc(-c2cnccc2CO)cc2ccc(=O)[nH]c12. The summed E-state index contributed by atoms with van der Waals surface area (Å²) in [7, 11) is 1.81. The Labute approximate surface area is 121 Å². The Balaban J connectivity index is 2.29. The number of aliphatic hydroxyl groups is 1. The van der Waals surface area contributed by atoms with Crippen LogP contribution in [-0.4, -0.2) is 22.1 Å². The van der Waals surface area contributed by atoms with Gasteiger partial charge in [-0.2, -0.15) is 0 Å². The van der Waals surface area contributed by atoms with Crippen molar-refractivity contribution in [3.63, 3.8) is 0 Å². The van der Waals surface area contributed by atoms with E-state index in [-0.39, 0.29) is 12.2 Å². The molecule has 3 rings (SSSR count). The van der Waals surface area contributed by atoms with Gasteiger partial charge in [-0.3, -0.25) is 9.78 Å². The standard InChI is InChI=1S/C16H15N3O2/c1-17-14-7-12(13-8-18-5-4-11(13)9-20)6-10-2-3-15(21)19-16(10)14/h2-8,17,20H,9H2,1H3,(H,19,21). The van der Waals surface area contributed by atoms with Gasteiger partial charge in [-0.1, -0.05) is 0 Å². The van der Waals surface area contributed by atoms with Crippen molar-refractivity contribution >= 4 is 16.6 Å². The first-order valence-electron chi connectivity index (χ1n) is 6.62. The molecule has 2 heterocycles. The highest BCUT2D eigenvalue weighted by Crippen LogP contribution is 2.30. The van der Waals surface area contributed by atoms with Gasteiger partial charge >= 0.3 is 0 Å². The van der Waals surface area contributed by atoms with Crippen molar-refractivity contribution in [3.05, 3.63) is 58.6 Å². The minimum absolute atomic E-state index is 0.0452. The molecule has 0 bridgehead atoms. The maximum atomic E-state index is 11.5. The highest BCUT2D eigenvalue weighted by atomic mass is 16.3. The number of hydrogen-bond donors (Lipinski definition) is 3. The molecule has 21 heavy (non-hydrogen) atoms. The molecule has 0 spiro atoms. The van der Waals surface area contributed by atoms with Gasteiger partial charge in [0.1, 0.15) is 0 Å². The summed E-state index contributed by atoms with van der Waals surface area (Å²) in [6, 6.07) is 9.00. The van der Waals surface area contributed by atoms with E-state index in [0.717, 1.165) is 33.3 Å². The number of aromatic nitrogens is 2. The number of aliphatic hydroxyl groups excluding tert-OH is 1. The van der Waals surface area contributed by atoms with Crippen molar-refractivity contribution in [1.82, 2.24) is 9.97 Å². The third kappa shape index (κ3) is 2.39. The molecule has 0 amide bonds. The lowest BCUT2D eigenvalue weighted by molar-refractivity contribution is 0.282. The van der Waals surface area contributed by atoms with Crippen LogP contribution in [0.15, 0.2) is 47.5 Å². The lowest BCUT2D eigenvalue weighted by atomic mass is 9.99. The largest absolute Gasteiger partial charge is 0.392 e. The van der Waals surface area contributed by atoms with Gasteiger partial charge in [-0.25, -0.2) is 0 Å². The summed E-state index contributed by atoms with van der Waals surface area (Å²) >= 11 is 0. The topological polar surface area (TPSA) is 78.0 Å². The predicted octanol–water partition coefficient (Wildman–Crippen LogP) is 2.12. The van der Waals surface area contributed by atoms with Crippen LogP contribution >= 0.6 is 0 Å². The Morgan fingerprint density at radius 1 is 1.29 bits per heavy atom. The molecular weight excluding hydrogens is 266 g/mol. The summed E-state index contributed by atoms with van der Waals surface area (Å²) in [6.45, 7) is -0.0452. The monoisotopic (exact) mass is 281 g/mol. The number of rotatable bonds is 3. The first kappa shape index (κ1) is 13.3. The molecular formula is C16H15N3O2. The smallest absolute Gasteiger partial charge is 0.248 e. The van der Waals surface area contributed by atoms with Crippen LogP contribution < -0.4 is 10.9 Å². The molecule has 0 unspecified atom stereocenters. The van der Waals surface area contributed by atoms with Crippen molar-refractivity contribution in [2.24, 2.45) is 0 Å². The lowest BCUT2D eigenvalue weighted by Crippen LogP contribution is -2.04. The van der Waals surface area contributed by atoms with Crippen LogP contribution in [-0.2, 0) is 6.61 Å². The van der Waals surface area contributed by atoms with Gasteiger partial charge in [0.2, 0.25) is 5.56 Å². The Bertz CT molecular complexity index is 856. The van der Waals surface area contributed by atoms with Gasteiger partial charge in [-0.05, 0) is 35.4 Å². The van der Waals surface area contributed by atoms with Gasteiger partial charge in [0, 0.05) is 36.5 Å². The minimum atomic E-state index is -0.135. The molecule has 3 aromatic rings. The van der Waals surface area contributed by atoms with Gasteiger partial charge in [0.15, 0.2) is 0 Å². The summed E-state index contributed by atoms with van der Waals surface area (Å²) in [6.07, 6.45) is 3.39. The summed E-state index contributed by atoms with van der Waals surface area (Å²) < 4.78 is 0. The number of hydrogen-bond acceptors (Lipinski definition) is 4. The zero-order valence-electron chi connectivity index (χ0n) is 11.6. The van der Waals surface area contributed by atoms with E-state index in [4.69, 9.17) is 0 Å². The van der Waals surface area contributed by atoms with Crippen molar-refractivity contribution in [3.8, 4) is 11.1 Å². The molecule has 0 atom stereocenters. The minimum Gasteiger partial charge on any atom is -0.392 e. The van der Waals surface area contributed by atoms with E-state index in [0.29, 0.717) is 0 Å². The zero-order chi connectivity index (χ0) is 14.8. The molecule has 0 fully saturated rings. The van der Waals surface area contributed by atoms with Crippen LogP contribution in [0.2, 0.25) is 0 Å². The summed E-state index contributed by atoms with van der Waals surface area (Å²) in [4.78, 5) is 18.4. The molecule has 0 aliphatic rings. The Morgan fingerprint density at radius 3 is 2.90 bits per heavy atom. The van der Waals surface area contributed by atoms with E-state index in [2.05, 4.69) is 15.3 Å². The number of fused-ring (bicyclic) bond motifs is 1. The van der Waals surface area contributed by atoms with Gasteiger partial charge in [0.05, 0.1) is 17.8 Å². The second kappa shape index (κ2) is 5.38. The van der Waals surface area contributed by atoms with Crippen molar-refractivity contribution in [2.45, 2.75) is 6.61 Å². The molecule has 5 nitrogen and oxygen atoms in total. The number of anilines is 1. The number of nitrogens with zero attached hydrogens (tertiary/aromatic N) is 1. The third-order valence-corrected chi connectivity index (χ3v) is 3.49. The number of benzene rings is 1. The molecule has 3 N–H and O–H groups in total. The number of pyridine rings is 2. The molecule has 106 valence electrons. The van der Waals surface area contributed by atoms with Gasteiger partial charge in [0.25, 0.3) is 0 Å². The Kier molecular flexibility index (Phi) is 3.41. The van der Waals surface area contributed by atoms with Crippen LogP contribution in [0.1, 0.15) is 5.56 Å². The summed E-state index contributed by atoms with van der Waals surface area (Å²) in [5.41, 5.74) is 4.09. The van der Waals surface area contributed by atoms with Crippen LogP contribution in [0.25, 0.3) is 22.0 Å². The van der Waals surface area contributed by atoms with Crippen molar-refractivity contribution in [1.29, 1.82) is 0 Å². The second-order valence-corrected chi connectivity index (χ2v) is 4.75. The lowest BCUT2D eigenvalue weighted by Gasteiger charge is -2.12. The molecule has 0 saturated heterocycles. The highest BCUT2D eigenvalue weighted by molar-refractivity contribution is 5.95. The average Bonchev–Trinajstić information content (AvgIpc) is 2.53. The maximum Gasteiger partial charge on any atom is 0.248 e. The summed E-state index contributed by atoms with van der Waals surface area (Å²) in [5.74, 6) is 0. The van der Waals surface area contributed by atoms with E-state index >= 15 is 0 Å². The van der Waals surface area contributed by atoms with E-state index < -0.39 is 0 Å². The fourth-order valence-electron chi connectivity index (χ4n) is 2.44. The zero-order valence-corrected chi connectivity index (χ0v) is 11.6. The fourth-order valence-corrected chi connectivity index (χ4v) is 2.44. The number of nitrogens with one attached hydrogen (secondary N) is 2. The van der Waals surface area contributed by atoms with Crippen molar-refractivity contribution < 1.29 is 5.11 Å². The fraction of sp³-hybridized carbons (Fsp3) is 0.125. The number of aromatic amines is 1. The van der Waals surface area contributed by atoms with Gasteiger partial charge in [-0.15, -0.1) is 0 Å². The first-order chi connectivity index (χ1) is 10.2. The van der Waals surface area contributed by atoms with Crippen LogP contribution in [0, 0.1) is 0 Å². The molecule has 2 aromatic heterocycles. The quantitative estimate of drug-likeness (QED) is 0.687. The molecule has 5 heteroatoms. The molecule has 0 saturated carbocycles. The molecule has 0 radical (unpaired) electrons. The van der Waals surface area contributed by atoms with Gasteiger partial charge < -0.3 is 15.4 Å². The number of H-pyrrole nitrogens is 1. The van der Waals surface area contributed by atoms with E-state index in [9.17, 15) is 9.90 Å². The molecule has 1 aromatic carbocycles. The van der Waals surface area contributed by atoms with E-state index in [1.165, 1.54) is 6.07 Å².